The molecule has 0 bridgehead atoms. The topological polar surface area (TPSA) is 37.4 Å². The smallest absolute Gasteiger partial charge is 0.212 e. The van der Waals surface area contributed by atoms with E-state index in [1.165, 1.54) is 11.1 Å². The van der Waals surface area contributed by atoms with Crippen LogP contribution >= 0.6 is 0 Å². The highest BCUT2D eigenvalue weighted by Gasteiger charge is 2.23. The van der Waals surface area contributed by atoms with Crippen molar-refractivity contribution < 1.29 is 8.42 Å². The Morgan fingerprint density at radius 3 is 2.12 bits per heavy atom. The largest absolute Gasteiger partial charge is 0.214 e. The summed E-state index contributed by atoms with van der Waals surface area (Å²) in [4.78, 5) is 0. The summed E-state index contributed by atoms with van der Waals surface area (Å²) < 4.78 is 25.7. The van der Waals surface area contributed by atoms with Crippen LogP contribution in [0, 0.1) is 0 Å². The molecular weight excluding hydrogens is 234 g/mol. The molecular formula is C13H19NO2S. The lowest BCUT2D eigenvalue weighted by Crippen LogP contribution is -2.34. The molecule has 0 aromatic heterocycles. The van der Waals surface area contributed by atoms with Crippen molar-refractivity contribution in [3.63, 3.8) is 0 Å². The fourth-order valence-corrected chi connectivity index (χ4v) is 3.83. The zero-order valence-corrected chi connectivity index (χ0v) is 11.0. The van der Waals surface area contributed by atoms with Gasteiger partial charge in [-0.3, -0.25) is 0 Å². The summed E-state index contributed by atoms with van der Waals surface area (Å²) in [5.41, 5.74) is 2.59. The van der Waals surface area contributed by atoms with E-state index in [9.17, 15) is 8.42 Å². The number of fused-ring (bicyclic) bond motifs is 1. The zero-order chi connectivity index (χ0) is 12.3. The lowest BCUT2D eigenvalue weighted by Gasteiger charge is -2.19. The summed E-state index contributed by atoms with van der Waals surface area (Å²) in [6.07, 6.45) is 2.35. The Morgan fingerprint density at radius 2 is 1.65 bits per heavy atom. The lowest BCUT2D eigenvalue weighted by atomic mass is 10.0. The SMILES string of the molecule is CCCS(=O)(=O)N1CCc2ccccc2CC1. The van der Waals surface area contributed by atoms with Crippen molar-refractivity contribution in [3.05, 3.63) is 35.4 Å². The minimum Gasteiger partial charge on any atom is -0.212 e. The van der Waals surface area contributed by atoms with Gasteiger partial charge in [-0.1, -0.05) is 31.2 Å². The molecule has 1 aromatic rings. The lowest BCUT2D eigenvalue weighted by molar-refractivity contribution is 0.426. The molecule has 4 heteroatoms. The van der Waals surface area contributed by atoms with E-state index in [2.05, 4.69) is 12.1 Å². The zero-order valence-electron chi connectivity index (χ0n) is 10.2. The summed E-state index contributed by atoms with van der Waals surface area (Å²) in [5.74, 6) is 0.267. The van der Waals surface area contributed by atoms with Crippen LogP contribution in [-0.4, -0.2) is 31.6 Å². The third kappa shape index (κ3) is 2.87. The molecule has 0 N–H and O–H groups in total. The van der Waals surface area contributed by atoms with Crippen LogP contribution in [-0.2, 0) is 22.9 Å². The Hall–Kier alpha value is -0.870. The third-order valence-corrected chi connectivity index (χ3v) is 5.31. The predicted octanol–water partition coefficient (Wildman–Crippen LogP) is 1.83. The van der Waals surface area contributed by atoms with Crippen LogP contribution in [0.1, 0.15) is 24.5 Å². The molecule has 1 aromatic carbocycles. The maximum atomic E-state index is 12.0. The van der Waals surface area contributed by atoms with E-state index >= 15 is 0 Å². The molecule has 2 rings (SSSR count). The second-order valence-corrected chi connectivity index (χ2v) is 6.57. The summed E-state index contributed by atoms with van der Waals surface area (Å²) in [6.45, 7) is 3.16. The van der Waals surface area contributed by atoms with Gasteiger partial charge in [0.2, 0.25) is 10.0 Å². The molecule has 0 atom stereocenters. The molecule has 3 nitrogen and oxygen atoms in total. The monoisotopic (exact) mass is 253 g/mol. The molecule has 0 amide bonds. The maximum absolute atomic E-state index is 12.0. The predicted molar refractivity (Wildman–Crippen MR) is 69.5 cm³/mol. The van der Waals surface area contributed by atoms with Gasteiger partial charge < -0.3 is 0 Å². The molecule has 0 radical (unpaired) electrons. The molecule has 94 valence electrons. The second kappa shape index (κ2) is 5.19. The van der Waals surface area contributed by atoms with Crippen LogP contribution in [0.15, 0.2) is 24.3 Å². The number of hydrogen-bond acceptors (Lipinski definition) is 2. The molecule has 0 aliphatic carbocycles. The summed E-state index contributed by atoms with van der Waals surface area (Å²) >= 11 is 0. The maximum Gasteiger partial charge on any atom is 0.214 e. The standard InChI is InChI=1S/C13H19NO2S/c1-2-11-17(15,16)14-9-7-12-5-3-4-6-13(12)8-10-14/h3-6H,2,7-11H2,1H3. The second-order valence-electron chi connectivity index (χ2n) is 4.48. The van der Waals surface area contributed by atoms with Gasteiger partial charge in [0.15, 0.2) is 0 Å². The molecule has 0 fully saturated rings. The fourth-order valence-electron chi connectivity index (χ4n) is 2.31. The molecule has 17 heavy (non-hydrogen) atoms. The van der Waals surface area contributed by atoms with Crippen molar-refractivity contribution in [1.82, 2.24) is 4.31 Å². The van der Waals surface area contributed by atoms with Gasteiger partial charge in [0, 0.05) is 13.1 Å². The number of benzene rings is 1. The van der Waals surface area contributed by atoms with Gasteiger partial charge in [0.25, 0.3) is 0 Å². The molecule has 0 unspecified atom stereocenters. The summed E-state index contributed by atoms with van der Waals surface area (Å²) in [7, 11) is -3.04. The minimum absolute atomic E-state index is 0.267. The van der Waals surface area contributed by atoms with Crippen LogP contribution in [0.4, 0.5) is 0 Å². The third-order valence-electron chi connectivity index (χ3n) is 3.23. The van der Waals surface area contributed by atoms with Crippen LogP contribution in [0.2, 0.25) is 0 Å². The highest BCUT2D eigenvalue weighted by atomic mass is 32.2. The van der Waals surface area contributed by atoms with E-state index in [0.717, 1.165) is 12.8 Å². The van der Waals surface area contributed by atoms with Gasteiger partial charge in [-0.25, -0.2) is 12.7 Å². The van der Waals surface area contributed by atoms with Crippen LogP contribution < -0.4 is 0 Å². The Labute approximate surface area is 104 Å². The first-order valence-electron chi connectivity index (χ1n) is 6.18. The van der Waals surface area contributed by atoms with Crippen molar-refractivity contribution in [1.29, 1.82) is 0 Å². The highest BCUT2D eigenvalue weighted by Crippen LogP contribution is 2.17. The van der Waals surface area contributed by atoms with E-state index in [1.807, 2.05) is 19.1 Å². The number of nitrogens with zero attached hydrogens (tertiary/aromatic N) is 1. The van der Waals surface area contributed by atoms with E-state index < -0.39 is 10.0 Å². The number of rotatable bonds is 3. The van der Waals surface area contributed by atoms with Gasteiger partial charge in [0.1, 0.15) is 0 Å². The first-order chi connectivity index (χ1) is 8.13. The Kier molecular flexibility index (Phi) is 3.84. The van der Waals surface area contributed by atoms with Crippen LogP contribution in [0.3, 0.4) is 0 Å². The highest BCUT2D eigenvalue weighted by molar-refractivity contribution is 7.89. The van der Waals surface area contributed by atoms with E-state index in [1.54, 1.807) is 4.31 Å². The Balaban J connectivity index is 2.14. The van der Waals surface area contributed by atoms with Gasteiger partial charge >= 0.3 is 0 Å². The molecule has 0 saturated carbocycles. The summed E-state index contributed by atoms with van der Waals surface area (Å²) in [6, 6.07) is 8.25. The van der Waals surface area contributed by atoms with Crippen molar-refractivity contribution in [2.75, 3.05) is 18.8 Å². The van der Waals surface area contributed by atoms with Crippen molar-refractivity contribution in [2.45, 2.75) is 26.2 Å². The molecule has 0 spiro atoms. The fraction of sp³-hybridized carbons (Fsp3) is 0.538. The normalized spacial score (nSPS) is 17.5. The van der Waals surface area contributed by atoms with E-state index in [0.29, 0.717) is 19.5 Å². The first-order valence-corrected chi connectivity index (χ1v) is 7.79. The van der Waals surface area contributed by atoms with Crippen LogP contribution in [0.25, 0.3) is 0 Å². The molecule has 0 saturated heterocycles. The van der Waals surface area contributed by atoms with Crippen molar-refractivity contribution >= 4 is 10.0 Å². The van der Waals surface area contributed by atoms with Gasteiger partial charge in [-0.15, -0.1) is 0 Å². The summed E-state index contributed by atoms with van der Waals surface area (Å²) in [5, 5.41) is 0. The van der Waals surface area contributed by atoms with Crippen LogP contribution in [0.5, 0.6) is 0 Å². The average molecular weight is 253 g/mol. The average Bonchev–Trinajstić information content (AvgIpc) is 2.51. The molecule has 1 aliphatic heterocycles. The van der Waals surface area contributed by atoms with Gasteiger partial charge in [-0.05, 0) is 30.4 Å². The van der Waals surface area contributed by atoms with E-state index in [-0.39, 0.29) is 5.75 Å². The number of sulfonamides is 1. The molecule has 1 heterocycles. The quantitative estimate of drug-likeness (QED) is 0.824. The first kappa shape index (κ1) is 12.6. The van der Waals surface area contributed by atoms with Gasteiger partial charge in [0.05, 0.1) is 5.75 Å². The van der Waals surface area contributed by atoms with E-state index in [4.69, 9.17) is 0 Å². The van der Waals surface area contributed by atoms with Gasteiger partial charge in [-0.2, -0.15) is 0 Å². The minimum atomic E-state index is -3.04. The van der Waals surface area contributed by atoms with Crippen molar-refractivity contribution in [3.8, 4) is 0 Å². The number of hydrogen-bond donors (Lipinski definition) is 0. The Morgan fingerprint density at radius 1 is 1.12 bits per heavy atom. The Bertz CT molecular complexity index is 455. The molecule has 1 aliphatic rings. The van der Waals surface area contributed by atoms with Crippen molar-refractivity contribution in [2.24, 2.45) is 0 Å².